The fourth-order valence-electron chi connectivity index (χ4n) is 3.52. The summed E-state index contributed by atoms with van der Waals surface area (Å²) in [7, 11) is -2.46. The van der Waals surface area contributed by atoms with E-state index in [9.17, 15) is 13.2 Å². The van der Waals surface area contributed by atoms with Crippen LogP contribution in [-0.4, -0.2) is 28.0 Å². The molecule has 3 aromatic rings. The van der Waals surface area contributed by atoms with E-state index in [1.807, 2.05) is 39.0 Å². The highest BCUT2D eigenvalue weighted by atomic mass is 32.2. The number of hydrogen-bond donors (Lipinski definition) is 1. The van der Waals surface area contributed by atoms with Crippen molar-refractivity contribution in [2.24, 2.45) is 0 Å². The van der Waals surface area contributed by atoms with Crippen LogP contribution in [-0.2, 0) is 14.8 Å². The molecule has 0 spiro atoms. The van der Waals surface area contributed by atoms with Gasteiger partial charge in [0.2, 0.25) is 5.91 Å². The molecule has 6 nitrogen and oxygen atoms in total. The lowest BCUT2D eigenvalue weighted by molar-refractivity contribution is -0.120. The Morgan fingerprint density at radius 2 is 1.72 bits per heavy atom. The van der Waals surface area contributed by atoms with Gasteiger partial charge >= 0.3 is 0 Å². The second-order valence-electron chi connectivity index (χ2n) is 7.68. The van der Waals surface area contributed by atoms with Gasteiger partial charge < -0.3 is 10.1 Å². The molecule has 1 atom stereocenters. The predicted molar refractivity (Wildman–Crippen MR) is 126 cm³/mol. The van der Waals surface area contributed by atoms with Crippen LogP contribution in [0.5, 0.6) is 5.75 Å². The molecule has 0 radical (unpaired) electrons. The second kappa shape index (κ2) is 9.87. The van der Waals surface area contributed by atoms with Gasteiger partial charge in [-0.05, 0) is 56.2 Å². The normalized spacial score (nSPS) is 12.1. The number of methoxy groups -OCH3 is 1. The highest BCUT2D eigenvalue weighted by molar-refractivity contribution is 7.92. The van der Waals surface area contributed by atoms with Crippen LogP contribution in [0.2, 0.25) is 0 Å². The number of amides is 1. The van der Waals surface area contributed by atoms with Crippen molar-refractivity contribution in [1.29, 1.82) is 0 Å². The van der Waals surface area contributed by atoms with Crippen molar-refractivity contribution in [2.75, 3.05) is 18.0 Å². The minimum absolute atomic E-state index is 0.109. The number of carbonyl (C=O) groups excluding carboxylic acids is 1. The van der Waals surface area contributed by atoms with Crippen LogP contribution in [0.3, 0.4) is 0 Å². The molecule has 168 valence electrons. The molecule has 0 saturated heterocycles. The molecule has 1 amide bonds. The summed E-state index contributed by atoms with van der Waals surface area (Å²) in [5.41, 5.74) is 3.50. The number of aryl methyl sites for hydroxylation is 2. The van der Waals surface area contributed by atoms with E-state index < -0.39 is 15.9 Å². The standard InChI is InChI=1S/C25H28N2O4S/c1-18-13-14-19(2)24(15-18)20(3)26-25(28)17-27(21-9-8-10-22(16-21)31-4)32(29,30)23-11-6-5-7-12-23/h5-16,20H,17H2,1-4H3,(H,26,28). The van der Waals surface area contributed by atoms with Gasteiger partial charge in [-0.1, -0.05) is 48.0 Å². The average Bonchev–Trinajstić information content (AvgIpc) is 2.79. The van der Waals surface area contributed by atoms with E-state index in [0.717, 1.165) is 21.0 Å². The first kappa shape index (κ1) is 23.3. The van der Waals surface area contributed by atoms with Crippen LogP contribution < -0.4 is 14.4 Å². The van der Waals surface area contributed by atoms with E-state index >= 15 is 0 Å². The molecular weight excluding hydrogens is 424 g/mol. The molecule has 0 aliphatic carbocycles. The number of nitrogens with zero attached hydrogens (tertiary/aromatic N) is 1. The Hall–Kier alpha value is -3.32. The van der Waals surface area contributed by atoms with Gasteiger partial charge in [0.15, 0.2) is 0 Å². The van der Waals surface area contributed by atoms with Gasteiger partial charge in [0.25, 0.3) is 10.0 Å². The van der Waals surface area contributed by atoms with Crippen molar-refractivity contribution in [3.8, 4) is 5.75 Å². The van der Waals surface area contributed by atoms with E-state index in [2.05, 4.69) is 5.32 Å². The molecule has 0 aromatic heterocycles. The van der Waals surface area contributed by atoms with Crippen molar-refractivity contribution in [3.05, 3.63) is 89.5 Å². The Balaban J connectivity index is 1.91. The molecule has 3 aromatic carbocycles. The van der Waals surface area contributed by atoms with Crippen molar-refractivity contribution in [1.82, 2.24) is 5.32 Å². The fraction of sp³-hybridized carbons (Fsp3) is 0.240. The summed E-state index contributed by atoms with van der Waals surface area (Å²) in [6, 6.07) is 20.5. The van der Waals surface area contributed by atoms with Gasteiger partial charge in [-0.2, -0.15) is 0 Å². The van der Waals surface area contributed by atoms with Crippen LogP contribution in [0.1, 0.15) is 29.7 Å². The zero-order valence-electron chi connectivity index (χ0n) is 18.7. The number of anilines is 1. The number of rotatable bonds is 8. The zero-order chi connectivity index (χ0) is 23.3. The van der Waals surface area contributed by atoms with Crippen molar-refractivity contribution >= 4 is 21.6 Å². The van der Waals surface area contributed by atoms with Crippen molar-refractivity contribution < 1.29 is 17.9 Å². The third-order valence-electron chi connectivity index (χ3n) is 5.24. The maximum atomic E-state index is 13.4. The number of hydrogen-bond acceptors (Lipinski definition) is 4. The molecule has 0 fully saturated rings. The third-order valence-corrected chi connectivity index (χ3v) is 7.03. The Morgan fingerprint density at radius 3 is 2.41 bits per heavy atom. The SMILES string of the molecule is COc1cccc(N(CC(=O)NC(C)c2cc(C)ccc2C)S(=O)(=O)c2ccccc2)c1. The van der Waals surface area contributed by atoms with Crippen LogP contribution in [0, 0.1) is 13.8 Å². The Kier molecular flexibility index (Phi) is 7.20. The van der Waals surface area contributed by atoms with Crippen LogP contribution in [0.4, 0.5) is 5.69 Å². The van der Waals surface area contributed by atoms with Gasteiger partial charge in [0.1, 0.15) is 12.3 Å². The van der Waals surface area contributed by atoms with E-state index in [1.165, 1.54) is 19.2 Å². The summed E-state index contributed by atoms with van der Waals surface area (Å²) in [6.45, 7) is 5.51. The monoisotopic (exact) mass is 452 g/mol. The topological polar surface area (TPSA) is 75.7 Å². The van der Waals surface area contributed by atoms with Gasteiger partial charge in [0.05, 0.1) is 23.7 Å². The molecule has 7 heteroatoms. The molecule has 0 saturated carbocycles. The van der Waals surface area contributed by atoms with Crippen molar-refractivity contribution in [3.63, 3.8) is 0 Å². The lowest BCUT2D eigenvalue weighted by atomic mass is 10.00. The Morgan fingerprint density at radius 1 is 1.00 bits per heavy atom. The van der Waals surface area contributed by atoms with E-state index in [1.54, 1.807) is 42.5 Å². The quantitative estimate of drug-likeness (QED) is 0.550. The van der Waals surface area contributed by atoms with E-state index in [4.69, 9.17) is 4.74 Å². The first-order chi connectivity index (χ1) is 15.2. The van der Waals surface area contributed by atoms with Crippen LogP contribution in [0.15, 0.2) is 77.7 Å². The predicted octanol–water partition coefficient (Wildman–Crippen LogP) is 4.38. The lowest BCUT2D eigenvalue weighted by Gasteiger charge is -2.25. The smallest absolute Gasteiger partial charge is 0.264 e. The lowest BCUT2D eigenvalue weighted by Crippen LogP contribution is -2.41. The number of sulfonamides is 1. The zero-order valence-corrected chi connectivity index (χ0v) is 19.5. The molecule has 1 N–H and O–H groups in total. The minimum Gasteiger partial charge on any atom is -0.497 e. The Labute approximate surface area is 189 Å². The fourth-order valence-corrected chi connectivity index (χ4v) is 4.96. The summed E-state index contributed by atoms with van der Waals surface area (Å²) in [4.78, 5) is 13.1. The van der Waals surface area contributed by atoms with Crippen LogP contribution in [0.25, 0.3) is 0 Å². The number of benzene rings is 3. The summed E-state index contributed by atoms with van der Waals surface area (Å²) < 4.78 is 33.2. The first-order valence-corrected chi connectivity index (χ1v) is 11.7. The number of ether oxygens (including phenoxy) is 1. The molecular formula is C25H28N2O4S. The highest BCUT2D eigenvalue weighted by Crippen LogP contribution is 2.27. The van der Waals surface area contributed by atoms with Gasteiger partial charge in [-0.15, -0.1) is 0 Å². The highest BCUT2D eigenvalue weighted by Gasteiger charge is 2.28. The van der Waals surface area contributed by atoms with Crippen LogP contribution >= 0.6 is 0 Å². The van der Waals surface area contributed by atoms with Gasteiger partial charge in [0, 0.05) is 6.07 Å². The number of carbonyl (C=O) groups is 1. The molecule has 0 aliphatic heterocycles. The minimum atomic E-state index is -3.97. The van der Waals surface area contributed by atoms with Gasteiger partial charge in [-0.3, -0.25) is 9.10 Å². The number of nitrogens with one attached hydrogen (secondary N) is 1. The summed E-state index contributed by atoms with van der Waals surface area (Å²) in [5, 5.41) is 2.94. The van der Waals surface area contributed by atoms with Crippen molar-refractivity contribution in [2.45, 2.75) is 31.7 Å². The Bertz CT molecular complexity index is 1190. The molecule has 1 unspecified atom stereocenters. The maximum Gasteiger partial charge on any atom is 0.264 e. The molecule has 0 aliphatic rings. The molecule has 0 heterocycles. The van der Waals surface area contributed by atoms with Gasteiger partial charge in [-0.25, -0.2) is 8.42 Å². The van der Waals surface area contributed by atoms with E-state index in [-0.39, 0.29) is 17.5 Å². The maximum absolute atomic E-state index is 13.4. The first-order valence-electron chi connectivity index (χ1n) is 10.3. The molecule has 3 rings (SSSR count). The second-order valence-corrected chi connectivity index (χ2v) is 9.54. The average molecular weight is 453 g/mol. The van der Waals surface area contributed by atoms with E-state index in [0.29, 0.717) is 11.4 Å². The largest absolute Gasteiger partial charge is 0.497 e. The molecule has 0 bridgehead atoms. The summed E-state index contributed by atoms with van der Waals surface area (Å²) in [6.07, 6.45) is 0. The summed E-state index contributed by atoms with van der Waals surface area (Å²) in [5.74, 6) is 0.0978. The molecule has 32 heavy (non-hydrogen) atoms. The summed E-state index contributed by atoms with van der Waals surface area (Å²) >= 11 is 0. The third kappa shape index (κ3) is 5.29.